The summed E-state index contributed by atoms with van der Waals surface area (Å²) < 4.78 is 20.5. The fourth-order valence-corrected chi connectivity index (χ4v) is 6.90. The maximum atomic E-state index is 14.4. The Balaban J connectivity index is 1.29. The number of amides is 2. The zero-order valence-corrected chi connectivity index (χ0v) is 27.9. The van der Waals surface area contributed by atoms with Crippen LogP contribution in [0.15, 0.2) is 103 Å². The summed E-state index contributed by atoms with van der Waals surface area (Å²) in [6.45, 7) is 0.547. The molecule has 4 bridgehead atoms. The Labute approximate surface area is 291 Å². The van der Waals surface area contributed by atoms with Gasteiger partial charge in [-0.2, -0.15) is 0 Å². The Bertz CT molecular complexity index is 1830. The Morgan fingerprint density at radius 1 is 0.840 bits per heavy atom. The SMILES string of the molecule is NC1Cc2cccc(c2)Oc2ccc(cc2)CC(C(=O)CCc2ccccc2F)NC(=O)C(CC(=O)N2CCC[C@@H]2c2ccccc2)CC1=O. The minimum Gasteiger partial charge on any atom is -0.457 e. The van der Waals surface area contributed by atoms with Crippen LogP contribution >= 0.6 is 0 Å². The molecule has 50 heavy (non-hydrogen) atoms. The number of Topliss-reactive ketones (excluding diaryl/α,β-unsaturated/α-hetero) is 2. The van der Waals surface area contributed by atoms with E-state index in [0.29, 0.717) is 23.6 Å². The molecule has 4 aromatic carbocycles. The monoisotopic (exact) mass is 675 g/mol. The molecule has 2 amide bonds. The van der Waals surface area contributed by atoms with E-state index in [2.05, 4.69) is 5.32 Å². The van der Waals surface area contributed by atoms with E-state index in [1.807, 2.05) is 66.7 Å². The van der Waals surface area contributed by atoms with Gasteiger partial charge in [0.25, 0.3) is 0 Å². The number of likely N-dealkylation sites (tertiary alicyclic amines) is 1. The van der Waals surface area contributed by atoms with Crippen molar-refractivity contribution in [3.05, 3.63) is 131 Å². The lowest BCUT2D eigenvalue weighted by Gasteiger charge is -2.28. The highest BCUT2D eigenvalue weighted by Gasteiger charge is 2.35. The van der Waals surface area contributed by atoms with Gasteiger partial charge < -0.3 is 20.7 Å². The van der Waals surface area contributed by atoms with Crippen molar-refractivity contribution in [3.63, 3.8) is 0 Å². The number of fused-ring (bicyclic) bond motifs is 10. The van der Waals surface area contributed by atoms with Crippen molar-refractivity contribution >= 4 is 23.4 Å². The van der Waals surface area contributed by atoms with Crippen LogP contribution in [0.5, 0.6) is 11.5 Å². The molecule has 0 radical (unpaired) electrons. The van der Waals surface area contributed by atoms with Crippen LogP contribution in [0, 0.1) is 11.7 Å². The molecule has 1 fully saturated rings. The Hall–Kier alpha value is -5.15. The number of ketones is 2. The van der Waals surface area contributed by atoms with Crippen LogP contribution in [-0.2, 0) is 38.4 Å². The molecule has 258 valence electrons. The summed E-state index contributed by atoms with van der Waals surface area (Å²) in [4.78, 5) is 57.2. The lowest BCUT2D eigenvalue weighted by molar-refractivity contribution is -0.139. The third-order valence-electron chi connectivity index (χ3n) is 9.67. The van der Waals surface area contributed by atoms with E-state index in [9.17, 15) is 23.6 Å². The third-order valence-corrected chi connectivity index (χ3v) is 9.67. The molecule has 8 nitrogen and oxygen atoms in total. The molecule has 7 rings (SSSR count). The zero-order valence-electron chi connectivity index (χ0n) is 27.9. The van der Waals surface area contributed by atoms with Crippen LogP contribution in [0.1, 0.15) is 60.4 Å². The molecule has 0 spiro atoms. The lowest BCUT2D eigenvalue weighted by atomic mass is 9.90. The fourth-order valence-electron chi connectivity index (χ4n) is 6.90. The van der Waals surface area contributed by atoms with Crippen molar-refractivity contribution in [2.45, 2.75) is 69.5 Å². The van der Waals surface area contributed by atoms with E-state index in [-0.39, 0.29) is 62.0 Å². The van der Waals surface area contributed by atoms with Crippen molar-refractivity contribution in [1.82, 2.24) is 10.2 Å². The van der Waals surface area contributed by atoms with Gasteiger partial charge in [0.1, 0.15) is 17.3 Å². The molecule has 0 aromatic heterocycles. The highest BCUT2D eigenvalue weighted by Crippen LogP contribution is 2.33. The number of carbonyl (C=O) groups excluding carboxylic acids is 4. The molecular formula is C41H42FN3O5. The first-order valence-corrected chi connectivity index (χ1v) is 17.3. The van der Waals surface area contributed by atoms with Crippen LogP contribution in [-0.4, -0.2) is 46.9 Å². The molecule has 0 saturated carbocycles. The number of nitrogens with two attached hydrogens (primary N) is 1. The van der Waals surface area contributed by atoms with Crippen molar-refractivity contribution in [1.29, 1.82) is 0 Å². The van der Waals surface area contributed by atoms with Crippen LogP contribution < -0.4 is 15.8 Å². The molecule has 3 aliphatic heterocycles. The number of ether oxygens (including phenoxy) is 1. The Morgan fingerprint density at radius 2 is 1.60 bits per heavy atom. The van der Waals surface area contributed by atoms with Crippen LogP contribution in [0.25, 0.3) is 0 Å². The lowest BCUT2D eigenvalue weighted by Crippen LogP contribution is -2.47. The molecule has 0 aliphatic carbocycles. The van der Waals surface area contributed by atoms with Crippen molar-refractivity contribution in [2.24, 2.45) is 11.7 Å². The van der Waals surface area contributed by atoms with Crippen molar-refractivity contribution < 1.29 is 28.3 Å². The number of aryl methyl sites for hydroxylation is 1. The van der Waals surface area contributed by atoms with E-state index in [0.717, 1.165) is 29.5 Å². The van der Waals surface area contributed by atoms with Gasteiger partial charge in [0, 0.05) is 25.8 Å². The molecule has 1 saturated heterocycles. The second-order valence-electron chi connectivity index (χ2n) is 13.3. The van der Waals surface area contributed by atoms with Gasteiger partial charge in [-0.25, -0.2) is 4.39 Å². The highest BCUT2D eigenvalue weighted by molar-refractivity contribution is 5.95. The van der Waals surface area contributed by atoms with Gasteiger partial charge in [-0.05, 0) is 84.7 Å². The Kier molecular flexibility index (Phi) is 11.1. The molecule has 3 aliphatic rings. The minimum absolute atomic E-state index is 0.0113. The topological polar surface area (TPSA) is 119 Å². The van der Waals surface area contributed by atoms with Gasteiger partial charge in [-0.15, -0.1) is 0 Å². The number of hydrogen-bond acceptors (Lipinski definition) is 6. The average molecular weight is 676 g/mol. The van der Waals surface area contributed by atoms with Gasteiger partial charge in [0.05, 0.1) is 24.0 Å². The first kappa shape index (κ1) is 34.7. The summed E-state index contributed by atoms with van der Waals surface area (Å²) in [6.07, 6.45) is 1.69. The van der Waals surface area contributed by atoms with E-state index in [1.165, 1.54) is 6.07 Å². The second-order valence-corrected chi connectivity index (χ2v) is 13.3. The predicted octanol–water partition coefficient (Wildman–Crippen LogP) is 6.06. The molecule has 3 unspecified atom stereocenters. The maximum absolute atomic E-state index is 14.4. The van der Waals surface area contributed by atoms with Crippen LogP contribution in [0.2, 0.25) is 0 Å². The summed E-state index contributed by atoms with van der Waals surface area (Å²) in [7, 11) is 0. The van der Waals surface area contributed by atoms with Crippen LogP contribution in [0.4, 0.5) is 4.39 Å². The predicted molar refractivity (Wildman–Crippen MR) is 188 cm³/mol. The summed E-state index contributed by atoms with van der Waals surface area (Å²) >= 11 is 0. The standard InChI is InChI=1S/C41H42FN3O5/c42-34-13-5-4-9-29(34)17-20-38(46)36-24-27-15-18-32(19-16-27)50-33-12-6-8-28(22-33)23-35(43)39(47)25-31(41(49)44-36)26-40(48)45-21-7-14-37(45)30-10-2-1-3-11-30/h1-6,8-13,15-16,18-19,22,31,35-37H,7,14,17,20-21,23-26,43H2,(H,44,49)/t31?,35?,36?,37-/m1/s1. The summed E-state index contributed by atoms with van der Waals surface area (Å²) in [5, 5.41) is 2.90. The van der Waals surface area contributed by atoms with Gasteiger partial charge in [0.2, 0.25) is 11.8 Å². The number of hydrogen-bond donors (Lipinski definition) is 2. The molecule has 4 aromatic rings. The molecule has 3 heterocycles. The quantitative estimate of drug-likeness (QED) is 0.246. The van der Waals surface area contributed by atoms with E-state index in [1.54, 1.807) is 35.2 Å². The smallest absolute Gasteiger partial charge is 0.224 e. The van der Waals surface area contributed by atoms with Crippen LogP contribution in [0.3, 0.4) is 0 Å². The molecule has 9 heteroatoms. The average Bonchev–Trinajstić information content (AvgIpc) is 3.62. The highest BCUT2D eigenvalue weighted by atomic mass is 19.1. The summed E-state index contributed by atoms with van der Waals surface area (Å²) in [5.74, 6) is -1.72. The molecular weight excluding hydrogens is 633 g/mol. The second kappa shape index (κ2) is 16.0. The van der Waals surface area contributed by atoms with Gasteiger partial charge in [-0.1, -0.05) is 72.8 Å². The molecule has 4 atom stereocenters. The fraction of sp³-hybridized carbons (Fsp3) is 0.317. The van der Waals surface area contributed by atoms with E-state index in [4.69, 9.17) is 10.5 Å². The Morgan fingerprint density at radius 3 is 2.38 bits per heavy atom. The number of benzene rings is 4. The van der Waals surface area contributed by atoms with Gasteiger partial charge >= 0.3 is 0 Å². The first-order valence-electron chi connectivity index (χ1n) is 17.3. The van der Waals surface area contributed by atoms with Gasteiger partial charge in [0.15, 0.2) is 11.6 Å². The van der Waals surface area contributed by atoms with Gasteiger partial charge in [-0.3, -0.25) is 19.2 Å². The largest absolute Gasteiger partial charge is 0.457 e. The van der Waals surface area contributed by atoms with Crippen molar-refractivity contribution in [3.8, 4) is 11.5 Å². The van der Waals surface area contributed by atoms with E-state index >= 15 is 0 Å². The number of rotatable bonds is 7. The van der Waals surface area contributed by atoms with E-state index < -0.39 is 29.7 Å². The minimum atomic E-state index is -1.05. The molecule has 3 N–H and O–H groups in total. The first-order chi connectivity index (χ1) is 24.2. The number of nitrogens with one attached hydrogen (secondary N) is 1. The third kappa shape index (κ3) is 8.71. The summed E-state index contributed by atoms with van der Waals surface area (Å²) in [6, 6.07) is 28.6. The maximum Gasteiger partial charge on any atom is 0.224 e. The number of halogens is 1. The normalized spacial score (nSPS) is 21.3. The summed E-state index contributed by atoms with van der Waals surface area (Å²) in [5.41, 5.74) is 9.41. The number of nitrogens with zero attached hydrogens (tertiary/aromatic N) is 1. The zero-order chi connectivity index (χ0) is 35.0. The number of carbonyl (C=O) groups is 4. The van der Waals surface area contributed by atoms with Crippen molar-refractivity contribution in [2.75, 3.05) is 6.54 Å².